The number of urea groups is 1. The van der Waals surface area contributed by atoms with E-state index in [1.54, 1.807) is 29.7 Å². The number of carbonyl (C=O) groups excluding carboxylic acids is 1. The SMILES string of the molecule is CSc1ccc(Cl)cc1NC(=O)N1CCCC(C(C)O)C1. The largest absolute Gasteiger partial charge is 0.393 e. The molecule has 2 amide bonds. The molecule has 0 aromatic heterocycles. The molecule has 2 atom stereocenters. The van der Waals surface area contributed by atoms with Crippen molar-refractivity contribution in [1.29, 1.82) is 0 Å². The van der Waals surface area contributed by atoms with Crippen molar-refractivity contribution in [3.8, 4) is 0 Å². The van der Waals surface area contributed by atoms with E-state index < -0.39 is 0 Å². The van der Waals surface area contributed by atoms with Crippen LogP contribution in [0.2, 0.25) is 5.02 Å². The van der Waals surface area contributed by atoms with Gasteiger partial charge in [-0.15, -0.1) is 11.8 Å². The van der Waals surface area contributed by atoms with E-state index in [-0.39, 0.29) is 18.1 Å². The van der Waals surface area contributed by atoms with Gasteiger partial charge in [0.25, 0.3) is 0 Å². The summed E-state index contributed by atoms with van der Waals surface area (Å²) in [5, 5.41) is 13.2. The third-order valence-electron chi connectivity index (χ3n) is 3.83. The van der Waals surface area contributed by atoms with E-state index in [4.69, 9.17) is 11.6 Å². The van der Waals surface area contributed by atoms with Crippen LogP contribution in [0.1, 0.15) is 19.8 Å². The normalized spacial score (nSPS) is 20.2. The zero-order valence-corrected chi connectivity index (χ0v) is 13.9. The molecule has 2 N–H and O–H groups in total. The Morgan fingerprint density at radius 1 is 1.57 bits per heavy atom. The predicted octanol–water partition coefficient (Wildman–Crippen LogP) is 3.69. The molecule has 21 heavy (non-hydrogen) atoms. The summed E-state index contributed by atoms with van der Waals surface area (Å²) in [5.74, 6) is 0.156. The third kappa shape index (κ3) is 4.28. The Balaban J connectivity index is 2.06. The van der Waals surface area contributed by atoms with Crippen LogP contribution in [0.5, 0.6) is 0 Å². The highest BCUT2D eigenvalue weighted by Gasteiger charge is 2.26. The van der Waals surface area contributed by atoms with Gasteiger partial charge in [0, 0.05) is 28.9 Å². The van der Waals surface area contributed by atoms with Crippen LogP contribution in [0.25, 0.3) is 0 Å². The number of anilines is 1. The van der Waals surface area contributed by atoms with Gasteiger partial charge in [-0.3, -0.25) is 0 Å². The number of likely N-dealkylation sites (tertiary alicyclic amines) is 1. The second-order valence-electron chi connectivity index (χ2n) is 5.36. The minimum Gasteiger partial charge on any atom is -0.393 e. The first-order chi connectivity index (χ1) is 10.0. The number of amides is 2. The van der Waals surface area contributed by atoms with Crippen LogP contribution in [-0.2, 0) is 0 Å². The molecular formula is C15H21ClN2O2S. The Bertz CT molecular complexity index is 510. The lowest BCUT2D eigenvalue weighted by Crippen LogP contribution is -2.44. The Morgan fingerprint density at radius 2 is 2.33 bits per heavy atom. The van der Waals surface area contributed by atoms with Crippen molar-refractivity contribution in [1.82, 2.24) is 4.90 Å². The molecule has 0 spiro atoms. The number of aliphatic hydroxyl groups is 1. The number of carbonyl (C=O) groups is 1. The quantitative estimate of drug-likeness (QED) is 0.832. The van der Waals surface area contributed by atoms with E-state index in [9.17, 15) is 9.90 Å². The van der Waals surface area contributed by atoms with Crippen LogP contribution in [-0.4, -0.2) is 41.5 Å². The number of benzene rings is 1. The van der Waals surface area contributed by atoms with Gasteiger partial charge in [-0.25, -0.2) is 4.79 Å². The van der Waals surface area contributed by atoms with Crippen LogP contribution >= 0.6 is 23.4 Å². The number of nitrogens with one attached hydrogen (secondary N) is 1. The summed E-state index contributed by atoms with van der Waals surface area (Å²) in [5.41, 5.74) is 0.735. The van der Waals surface area contributed by atoms with E-state index in [1.807, 2.05) is 18.4 Å². The Hall–Kier alpha value is -0.910. The summed E-state index contributed by atoms with van der Waals surface area (Å²) in [4.78, 5) is 15.1. The maximum atomic E-state index is 12.4. The summed E-state index contributed by atoms with van der Waals surface area (Å²) in [6.07, 6.45) is 3.47. The van der Waals surface area contributed by atoms with Gasteiger partial charge in [0.2, 0.25) is 0 Å². The number of aliphatic hydroxyl groups excluding tert-OH is 1. The standard InChI is InChI=1S/C15H21ClN2O2S/c1-10(19)11-4-3-7-18(9-11)15(20)17-13-8-12(16)5-6-14(13)21-2/h5-6,8,10-11,19H,3-4,7,9H2,1-2H3,(H,17,20). The summed E-state index contributed by atoms with van der Waals surface area (Å²) < 4.78 is 0. The number of halogens is 1. The smallest absolute Gasteiger partial charge is 0.321 e. The summed E-state index contributed by atoms with van der Waals surface area (Å²) in [6.45, 7) is 3.11. The van der Waals surface area contributed by atoms with Crippen molar-refractivity contribution >= 4 is 35.1 Å². The fraction of sp³-hybridized carbons (Fsp3) is 0.533. The van der Waals surface area contributed by atoms with E-state index in [0.717, 1.165) is 30.0 Å². The fourth-order valence-electron chi connectivity index (χ4n) is 2.56. The molecule has 1 saturated heterocycles. The maximum absolute atomic E-state index is 12.4. The van der Waals surface area contributed by atoms with Gasteiger partial charge < -0.3 is 15.3 Å². The molecule has 0 radical (unpaired) electrons. The van der Waals surface area contributed by atoms with Crippen LogP contribution in [0.4, 0.5) is 10.5 Å². The minimum absolute atomic E-state index is 0.127. The van der Waals surface area contributed by atoms with Gasteiger partial charge in [-0.2, -0.15) is 0 Å². The second-order valence-corrected chi connectivity index (χ2v) is 6.65. The molecule has 1 aromatic rings. The monoisotopic (exact) mass is 328 g/mol. The van der Waals surface area contributed by atoms with Gasteiger partial charge in [0.15, 0.2) is 0 Å². The van der Waals surface area contributed by atoms with Crippen molar-refractivity contribution in [3.05, 3.63) is 23.2 Å². The molecule has 6 heteroatoms. The molecule has 0 bridgehead atoms. The van der Waals surface area contributed by atoms with Crippen molar-refractivity contribution in [3.63, 3.8) is 0 Å². The molecule has 2 unspecified atom stereocenters. The van der Waals surface area contributed by atoms with Gasteiger partial charge in [0.05, 0.1) is 11.8 Å². The summed E-state index contributed by atoms with van der Waals surface area (Å²) in [6, 6.07) is 5.35. The van der Waals surface area contributed by atoms with Crippen molar-refractivity contribution < 1.29 is 9.90 Å². The Kier molecular flexibility index (Phi) is 5.79. The van der Waals surface area contributed by atoms with Crippen molar-refractivity contribution in [2.24, 2.45) is 5.92 Å². The van der Waals surface area contributed by atoms with Crippen LogP contribution < -0.4 is 5.32 Å². The lowest BCUT2D eigenvalue weighted by molar-refractivity contribution is 0.0766. The summed E-state index contributed by atoms with van der Waals surface area (Å²) >= 11 is 7.57. The van der Waals surface area contributed by atoms with Crippen LogP contribution in [0.15, 0.2) is 23.1 Å². The molecule has 1 aliphatic rings. The zero-order chi connectivity index (χ0) is 15.4. The maximum Gasteiger partial charge on any atom is 0.321 e. The van der Waals surface area contributed by atoms with E-state index >= 15 is 0 Å². The van der Waals surface area contributed by atoms with Gasteiger partial charge in [-0.1, -0.05) is 11.6 Å². The van der Waals surface area contributed by atoms with Crippen LogP contribution in [0.3, 0.4) is 0 Å². The minimum atomic E-state index is -0.381. The number of rotatable bonds is 3. The van der Waals surface area contributed by atoms with E-state index in [2.05, 4.69) is 5.32 Å². The van der Waals surface area contributed by atoms with Crippen molar-refractivity contribution in [2.75, 3.05) is 24.7 Å². The average Bonchev–Trinajstić information content (AvgIpc) is 2.47. The zero-order valence-electron chi connectivity index (χ0n) is 12.3. The number of nitrogens with zero attached hydrogens (tertiary/aromatic N) is 1. The number of hydrogen-bond acceptors (Lipinski definition) is 3. The third-order valence-corrected chi connectivity index (χ3v) is 4.86. The average molecular weight is 329 g/mol. The highest BCUT2D eigenvalue weighted by atomic mass is 35.5. The molecule has 2 rings (SSSR count). The lowest BCUT2D eigenvalue weighted by Gasteiger charge is -2.34. The molecule has 0 aliphatic carbocycles. The van der Waals surface area contributed by atoms with Gasteiger partial charge in [-0.05, 0) is 44.2 Å². The summed E-state index contributed by atoms with van der Waals surface area (Å²) in [7, 11) is 0. The lowest BCUT2D eigenvalue weighted by atomic mass is 9.94. The molecule has 116 valence electrons. The van der Waals surface area contributed by atoms with Gasteiger partial charge in [0.1, 0.15) is 0 Å². The molecule has 1 aliphatic heterocycles. The highest BCUT2D eigenvalue weighted by molar-refractivity contribution is 7.98. The first kappa shape index (κ1) is 16.5. The van der Waals surface area contributed by atoms with E-state index in [0.29, 0.717) is 11.6 Å². The number of thioether (sulfide) groups is 1. The Morgan fingerprint density at radius 3 is 3.00 bits per heavy atom. The number of piperidine rings is 1. The first-order valence-corrected chi connectivity index (χ1v) is 8.69. The van der Waals surface area contributed by atoms with E-state index in [1.165, 1.54) is 0 Å². The molecule has 4 nitrogen and oxygen atoms in total. The topological polar surface area (TPSA) is 52.6 Å². The van der Waals surface area contributed by atoms with Crippen LogP contribution in [0, 0.1) is 5.92 Å². The second kappa shape index (κ2) is 7.38. The Labute approximate surface area is 134 Å². The molecule has 1 fully saturated rings. The van der Waals surface area contributed by atoms with Gasteiger partial charge >= 0.3 is 6.03 Å². The highest BCUT2D eigenvalue weighted by Crippen LogP contribution is 2.29. The van der Waals surface area contributed by atoms with Crippen molar-refractivity contribution in [2.45, 2.75) is 30.8 Å². The molecule has 1 aromatic carbocycles. The molecular weight excluding hydrogens is 308 g/mol. The number of hydrogen-bond donors (Lipinski definition) is 2. The predicted molar refractivity (Wildman–Crippen MR) is 88.2 cm³/mol. The molecule has 1 heterocycles. The molecule has 0 saturated carbocycles. The first-order valence-electron chi connectivity index (χ1n) is 7.08. The fourth-order valence-corrected chi connectivity index (χ4v) is 3.27.